The molecule has 0 aliphatic heterocycles. The summed E-state index contributed by atoms with van der Waals surface area (Å²) in [5.41, 5.74) is 0.799. The number of urea groups is 1. The number of aromatic nitrogens is 4. The molecule has 2 aromatic heterocycles. The molecule has 0 fully saturated rings. The van der Waals surface area contributed by atoms with E-state index in [1.165, 1.54) is 6.33 Å². The van der Waals surface area contributed by atoms with E-state index in [-0.39, 0.29) is 17.9 Å². The van der Waals surface area contributed by atoms with Crippen molar-refractivity contribution in [3.05, 3.63) is 29.6 Å². The van der Waals surface area contributed by atoms with Crippen LogP contribution < -0.4 is 10.6 Å². The third-order valence-corrected chi connectivity index (χ3v) is 2.63. The van der Waals surface area contributed by atoms with E-state index in [0.717, 1.165) is 0 Å². The van der Waals surface area contributed by atoms with Crippen molar-refractivity contribution in [3.63, 3.8) is 0 Å². The number of H-pyrrole nitrogens is 1. The van der Waals surface area contributed by atoms with Gasteiger partial charge in [0.05, 0.1) is 12.2 Å². The van der Waals surface area contributed by atoms with Gasteiger partial charge in [-0.3, -0.25) is 0 Å². The van der Waals surface area contributed by atoms with Gasteiger partial charge in [0, 0.05) is 12.7 Å². The van der Waals surface area contributed by atoms with Gasteiger partial charge in [0.15, 0.2) is 5.82 Å². The molecule has 2 rings (SSSR count). The first kappa shape index (κ1) is 13.6. The maximum Gasteiger partial charge on any atom is 0.354 e. The van der Waals surface area contributed by atoms with Gasteiger partial charge in [0.2, 0.25) is 0 Å². The van der Waals surface area contributed by atoms with E-state index in [2.05, 4.69) is 25.8 Å². The molecule has 2 amide bonds. The van der Waals surface area contributed by atoms with Crippen molar-refractivity contribution in [3.8, 4) is 0 Å². The van der Waals surface area contributed by atoms with Crippen LogP contribution in [-0.4, -0.2) is 36.9 Å². The summed E-state index contributed by atoms with van der Waals surface area (Å²) >= 11 is 0. The average Bonchev–Trinajstić information content (AvgIpc) is 2.93. The number of anilines is 1. The van der Waals surface area contributed by atoms with E-state index in [4.69, 9.17) is 5.11 Å². The molecule has 0 bridgehead atoms. The quantitative estimate of drug-likeness (QED) is 0.647. The molecule has 9 nitrogen and oxygen atoms in total. The van der Waals surface area contributed by atoms with Gasteiger partial charge in [-0.1, -0.05) is 0 Å². The Morgan fingerprint density at radius 3 is 2.85 bits per heavy atom. The van der Waals surface area contributed by atoms with Crippen LogP contribution in [-0.2, 0) is 13.6 Å². The van der Waals surface area contributed by atoms with Crippen molar-refractivity contribution < 1.29 is 14.7 Å². The summed E-state index contributed by atoms with van der Waals surface area (Å²) in [6, 6.07) is 1.03. The summed E-state index contributed by atoms with van der Waals surface area (Å²) in [5.74, 6) is -0.550. The Balaban J connectivity index is 1.98. The maximum absolute atomic E-state index is 11.7. The highest BCUT2D eigenvalue weighted by molar-refractivity contribution is 5.99. The number of aromatic carboxylic acids is 1. The molecule has 0 unspecified atom stereocenters. The standard InChI is InChI=1S/C11H14N6O3/c1-6-3-7(9(14-6)10(18)19)15-11(20)12-4-8-16-13-5-17(8)2/h3,5,14H,4H2,1-2H3,(H,18,19)(H2,12,15,20). The zero-order valence-corrected chi connectivity index (χ0v) is 11.0. The predicted molar refractivity (Wildman–Crippen MR) is 69.4 cm³/mol. The average molecular weight is 278 g/mol. The fraction of sp³-hybridized carbons (Fsp3) is 0.273. The van der Waals surface area contributed by atoms with Gasteiger partial charge in [-0.2, -0.15) is 0 Å². The Labute approximate surface area is 114 Å². The van der Waals surface area contributed by atoms with Crippen LogP contribution in [0.4, 0.5) is 10.5 Å². The maximum atomic E-state index is 11.7. The fourth-order valence-corrected chi connectivity index (χ4v) is 1.65. The van der Waals surface area contributed by atoms with Crippen molar-refractivity contribution in [2.24, 2.45) is 7.05 Å². The van der Waals surface area contributed by atoms with Crippen molar-refractivity contribution in [1.82, 2.24) is 25.1 Å². The second-order valence-corrected chi connectivity index (χ2v) is 4.21. The van der Waals surface area contributed by atoms with Gasteiger partial charge in [0.25, 0.3) is 0 Å². The van der Waals surface area contributed by atoms with Crippen LogP contribution >= 0.6 is 0 Å². The number of hydrogen-bond donors (Lipinski definition) is 4. The number of aryl methyl sites for hydroxylation is 2. The smallest absolute Gasteiger partial charge is 0.354 e. The summed E-state index contributed by atoms with van der Waals surface area (Å²) in [6.07, 6.45) is 1.52. The van der Waals surface area contributed by atoms with Gasteiger partial charge in [-0.05, 0) is 13.0 Å². The molecule has 0 aromatic carbocycles. The number of carboxylic acid groups (broad SMARTS) is 1. The number of hydrogen-bond acceptors (Lipinski definition) is 4. The monoisotopic (exact) mass is 278 g/mol. The number of amides is 2. The first-order chi connectivity index (χ1) is 9.47. The molecule has 0 spiro atoms. The molecule has 0 saturated heterocycles. The van der Waals surface area contributed by atoms with Gasteiger partial charge in [-0.15, -0.1) is 10.2 Å². The molecule has 0 aliphatic rings. The van der Waals surface area contributed by atoms with E-state index < -0.39 is 12.0 Å². The first-order valence-corrected chi connectivity index (χ1v) is 5.78. The molecule has 2 heterocycles. The number of carbonyl (C=O) groups excluding carboxylic acids is 1. The Hall–Kier alpha value is -2.84. The minimum atomic E-state index is -1.14. The Morgan fingerprint density at radius 1 is 1.50 bits per heavy atom. The number of rotatable bonds is 4. The second kappa shape index (κ2) is 5.43. The molecule has 0 saturated carbocycles. The van der Waals surface area contributed by atoms with Gasteiger partial charge in [0.1, 0.15) is 12.0 Å². The number of nitrogens with one attached hydrogen (secondary N) is 3. The third-order valence-electron chi connectivity index (χ3n) is 2.63. The lowest BCUT2D eigenvalue weighted by atomic mass is 10.3. The fourth-order valence-electron chi connectivity index (χ4n) is 1.65. The summed E-state index contributed by atoms with van der Waals surface area (Å²) in [6.45, 7) is 1.89. The zero-order chi connectivity index (χ0) is 14.7. The topological polar surface area (TPSA) is 125 Å². The molecule has 4 N–H and O–H groups in total. The lowest BCUT2D eigenvalue weighted by Gasteiger charge is -2.06. The van der Waals surface area contributed by atoms with Gasteiger partial charge < -0.3 is 25.3 Å². The largest absolute Gasteiger partial charge is 0.477 e. The summed E-state index contributed by atoms with van der Waals surface area (Å²) in [5, 5.41) is 21.5. The van der Waals surface area contributed by atoms with Crippen LogP contribution in [0.1, 0.15) is 22.0 Å². The molecule has 0 aliphatic carbocycles. The molecule has 0 radical (unpaired) electrons. The van der Waals surface area contributed by atoms with Crippen LogP contribution in [0.2, 0.25) is 0 Å². The first-order valence-electron chi connectivity index (χ1n) is 5.78. The van der Waals surface area contributed by atoms with E-state index in [1.54, 1.807) is 24.6 Å². The Bertz CT molecular complexity index is 644. The highest BCUT2D eigenvalue weighted by atomic mass is 16.4. The minimum absolute atomic E-state index is 0.0590. The molecule has 2 aromatic rings. The predicted octanol–water partition coefficient (Wildman–Crippen LogP) is 0.472. The highest BCUT2D eigenvalue weighted by Gasteiger charge is 2.15. The lowest BCUT2D eigenvalue weighted by Crippen LogP contribution is -2.29. The van der Waals surface area contributed by atoms with Gasteiger partial charge in [-0.25, -0.2) is 9.59 Å². The summed E-state index contributed by atoms with van der Waals surface area (Å²) in [7, 11) is 1.76. The van der Waals surface area contributed by atoms with Crippen LogP contribution in [0.15, 0.2) is 12.4 Å². The number of carboxylic acids is 1. The highest BCUT2D eigenvalue weighted by Crippen LogP contribution is 2.16. The number of aromatic amines is 1. The van der Waals surface area contributed by atoms with Crippen molar-refractivity contribution in [2.45, 2.75) is 13.5 Å². The second-order valence-electron chi connectivity index (χ2n) is 4.21. The van der Waals surface area contributed by atoms with Crippen LogP contribution in [0, 0.1) is 6.92 Å². The summed E-state index contributed by atoms with van der Waals surface area (Å²) in [4.78, 5) is 25.4. The molecule has 106 valence electrons. The van der Waals surface area contributed by atoms with Crippen LogP contribution in [0.25, 0.3) is 0 Å². The van der Waals surface area contributed by atoms with Gasteiger partial charge >= 0.3 is 12.0 Å². The van der Waals surface area contributed by atoms with E-state index >= 15 is 0 Å². The number of carbonyl (C=O) groups is 2. The molecular formula is C11H14N6O3. The van der Waals surface area contributed by atoms with Crippen LogP contribution in [0.3, 0.4) is 0 Å². The van der Waals surface area contributed by atoms with E-state index in [9.17, 15) is 9.59 Å². The Morgan fingerprint density at radius 2 is 2.25 bits per heavy atom. The number of nitrogens with zero attached hydrogens (tertiary/aromatic N) is 3. The van der Waals surface area contributed by atoms with Crippen molar-refractivity contribution >= 4 is 17.7 Å². The van der Waals surface area contributed by atoms with Crippen molar-refractivity contribution in [1.29, 1.82) is 0 Å². The zero-order valence-electron chi connectivity index (χ0n) is 11.0. The minimum Gasteiger partial charge on any atom is -0.477 e. The summed E-state index contributed by atoms with van der Waals surface area (Å²) < 4.78 is 1.67. The normalized spacial score (nSPS) is 10.3. The SMILES string of the molecule is Cc1cc(NC(=O)NCc2nncn2C)c(C(=O)O)[nH]1. The Kier molecular flexibility index (Phi) is 3.69. The van der Waals surface area contributed by atoms with E-state index in [0.29, 0.717) is 11.5 Å². The molecule has 0 atom stereocenters. The molecule has 9 heteroatoms. The molecular weight excluding hydrogens is 264 g/mol. The third kappa shape index (κ3) is 2.94. The van der Waals surface area contributed by atoms with Crippen LogP contribution in [0.5, 0.6) is 0 Å². The van der Waals surface area contributed by atoms with Crippen molar-refractivity contribution in [2.75, 3.05) is 5.32 Å². The lowest BCUT2D eigenvalue weighted by molar-refractivity contribution is 0.0692. The van der Waals surface area contributed by atoms with E-state index in [1.807, 2.05) is 0 Å². The molecule has 20 heavy (non-hydrogen) atoms.